The van der Waals surface area contributed by atoms with Crippen molar-refractivity contribution in [3.8, 4) is 0 Å². The second-order valence-corrected chi connectivity index (χ2v) is 6.23. The van der Waals surface area contributed by atoms with Crippen LogP contribution in [0.4, 0.5) is 0 Å². The van der Waals surface area contributed by atoms with E-state index in [0.717, 1.165) is 32.1 Å². The van der Waals surface area contributed by atoms with E-state index >= 15 is 0 Å². The molecule has 0 aromatic heterocycles. The largest absolute Gasteiger partial charge is 0.395 e. The molecule has 0 aromatic rings. The van der Waals surface area contributed by atoms with Crippen LogP contribution in [0.1, 0.15) is 51.9 Å². The Morgan fingerprint density at radius 3 is 2.18 bits per heavy atom. The Morgan fingerprint density at radius 2 is 1.54 bits per heavy atom. The highest BCUT2D eigenvalue weighted by molar-refractivity contribution is 5.75. The Labute approximate surface area is 170 Å². The van der Waals surface area contributed by atoms with Gasteiger partial charge < -0.3 is 15.5 Å². The number of amides is 1. The molecule has 3 N–H and O–H groups in total. The summed E-state index contributed by atoms with van der Waals surface area (Å²) in [7, 11) is 0. The molecule has 4 nitrogen and oxygen atoms in total. The zero-order chi connectivity index (χ0) is 20.7. The van der Waals surface area contributed by atoms with Crippen molar-refractivity contribution in [1.82, 2.24) is 5.32 Å². The van der Waals surface area contributed by atoms with Crippen molar-refractivity contribution in [3.63, 3.8) is 0 Å². The van der Waals surface area contributed by atoms with Gasteiger partial charge >= 0.3 is 0 Å². The summed E-state index contributed by atoms with van der Waals surface area (Å²) in [5.41, 5.74) is 0. The summed E-state index contributed by atoms with van der Waals surface area (Å²) in [6.45, 7) is 2.39. The summed E-state index contributed by atoms with van der Waals surface area (Å²) in [5.74, 6) is -0.0239. The zero-order valence-corrected chi connectivity index (χ0v) is 17.2. The van der Waals surface area contributed by atoms with Gasteiger partial charge in [0.15, 0.2) is 0 Å². The normalized spacial score (nSPS) is 14.0. The molecular weight excluding hydrogens is 350 g/mol. The van der Waals surface area contributed by atoms with E-state index < -0.39 is 6.10 Å². The van der Waals surface area contributed by atoms with E-state index in [4.69, 9.17) is 5.11 Å². The van der Waals surface area contributed by atoms with Crippen LogP contribution in [0, 0.1) is 0 Å². The fourth-order valence-electron chi connectivity index (χ4n) is 2.16. The fraction of sp³-hybridized carbons (Fsp3) is 0.458. The third-order valence-electron chi connectivity index (χ3n) is 3.65. The van der Waals surface area contributed by atoms with Gasteiger partial charge in [0.05, 0.1) is 12.7 Å². The first-order chi connectivity index (χ1) is 13.7. The highest BCUT2D eigenvalue weighted by atomic mass is 16.3. The molecule has 1 amide bonds. The van der Waals surface area contributed by atoms with E-state index in [0.29, 0.717) is 19.4 Å². The molecule has 156 valence electrons. The van der Waals surface area contributed by atoms with E-state index in [1.807, 2.05) is 24.3 Å². The van der Waals surface area contributed by atoms with Crippen LogP contribution in [0.25, 0.3) is 0 Å². The van der Waals surface area contributed by atoms with Crippen LogP contribution in [0.3, 0.4) is 0 Å². The molecule has 0 aromatic carbocycles. The second kappa shape index (κ2) is 21.1. The number of hydrogen-bond donors (Lipinski definition) is 3. The first-order valence-electron chi connectivity index (χ1n) is 10.2. The zero-order valence-electron chi connectivity index (χ0n) is 17.2. The van der Waals surface area contributed by atoms with E-state index in [-0.39, 0.29) is 12.5 Å². The van der Waals surface area contributed by atoms with Gasteiger partial charge in [-0.2, -0.15) is 0 Å². The molecule has 0 saturated carbocycles. The molecule has 0 aliphatic heterocycles. The monoisotopic (exact) mass is 387 g/mol. The first-order valence-corrected chi connectivity index (χ1v) is 10.2. The molecule has 0 radical (unpaired) electrons. The van der Waals surface area contributed by atoms with Crippen LogP contribution in [0.5, 0.6) is 0 Å². The third kappa shape index (κ3) is 20.1. The molecule has 0 rings (SSSR count). The highest BCUT2D eigenvalue weighted by Gasteiger charge is 1.96. The van der Waals surface area contributed by atoms with Crippen LogP contribution >= 0.6 is 0 Å². The van der Waals surface area contributed by atoms with Gasteiger partial charge in [-0.05, 0) is 38.5 Å². The Hall–Kier alpha value is -2.17. The molecular formula is C24H37NO3. The maximum atomic E-state index is 11.3. The topological polar surface area (TPSA) is 69.6 Å². The Morgan fingerprint density at radius 1 is 0.893 bits per heavy atom. The van der Waals surface area contributed by atoms with Gasteiger partial charge in [0.1, 0.15) is 0 Å². The van der Waals surface area contributed by atoms with E-state index in [2.05, 4.69) is 54.8 Å². The summed E-state index contributed by atoms with van der Waals surface area (Å²) >= 11 is 0. The van der Waals surface area contributed by atoms with Crippen LogP contribution in [0.15, 0.2) is 72.9 Å². The van der Waals surface area contributed by atoms with Gasteiger partial charge in [-0.25, -0.2) is 0 Å². The number of aliphatic hydroxyl groups is 2. The maximum absolute atomic E-state index is 11.3. The van der Waals surface area contributed by atoms with Crippen molar-refractivity contribution in [2.45, 2.75) is 58.0 Å². The highest BCUT2D eigenvalue weighted by Crippen LogP contribution is 1.98. The molecule has 0 fully saturated rings. The predicted octanol–water partition coefficient (Wildman–Crippen LogP) is 4.54. The van der Waals surface area contributed by atoms with Gasteiger partial charge in [0.25, 0.3) is 0 Å². The van der Waals surface area contributed by atoms with Crippen molar-refractivity contribution >= 4 is 5.91 Å². The minimum atomic E-state index is -0.411. The number of carbonyl (C=O) groups is 1. The number of nitrogens with one attached hydrogen (secondary N) is 1. The van der Waals surface area contributed by atoms with E-state index in [1.54, 1.807) is 6.08 Å². The first kappa shape index (κ1) is 25.8. The van der Waals surface area contributed by atoms with Gasteiger partial charge in [-0.15, -0.1) is 0 Å². The smallest absolute Gasteiger partial charge is 0.220 e. The predicted molar refractivity (Wildman–Crippen MR) is 119 cm³/mol. The summed E-state index contributed by atoms with van der Waals surface area (Å²) in [4.78, 5) is 11.3. The molecule has 0 saturated heterocycles. The van der Waals surface area contributed by atoms with E-state index in [9.17, 15) is 9.90 Å². The van der Waals surface area contributed by atoms with Gasteiger partial charge in [0, 0.05) is 13.0 Å². The number of carbonyl (C=O) groups excluding carboxylic acids is 1. The summed E-state index contributed by atoms with van der Waals surface area (Å²) in [6, 6.07) is 0. The molecule has 0 bridgehead atoms. The molecule has 4 heteroatoms. The van der Waals surface area contributed by atoms with Crippen molar-refractivity contribution in [1.29, 1.82) is 0 Å². The number of rotatable bonds is 16. The van der Waals surface area contributed by atoms with Crippen molar-refractivity contribution < 1.29 is 15.0 Å². The van der Waals surface area contributed by atoms with Crippen molar-refractivity contribution in [2.75, 3.05) is 13.2 Å². The van der Waals surface area contributed by atoms with Crippen molar-refractivity contribution in [3.05, 3.63) is 72.9 Å². The summed E-state index contributed by atoms with van der Waals surface area (Å²) in [5, 5.41) is 20.9. The van der Waals surface area contributed by atoms with Crippen LogP contribution in [-0.4, -0.2) is 35.4 Å². The van der Waals surface area contributed by atoms with Crippen molar-refractivity contribution in [2.24, 2.45) is 0 Å². The van der Waals surface area contributed by atoms with Crippen LogP contribution in [0.2, 0.25) is 0 Å². The molecule has 1 unspecified atom stereocenters. The fourth-order valence-corrected chi connectivity index (χ4v) is 2.16. The summed E-state index contributed by atoms with van der Waals surface area (Å²) in [6.07, 6.45) is 29.4. The SMILES string of the molecule is CC/C=C\CC(O)C=C/C=C\C/C=C\C/C=C\C/C=C\CCC(=O)NCCO. The lowest BCUT2D eigenvalue weighted by Gasteiger charge is -1.99. The molecule has 1 atom stereocenters. The molecule has 0 heterocycles. The standard InChI is InChI=1S/C24H37NO3/c1-2-3-15-18-23(27)19-16-13-11-9-7-5-4-6-8-10-12-14-17-20-24(28)25-21-22-26/h3,5-8,11-16,19,23,26-27H,2,4,9-10,17-18,20-22H2,1H3,(H,25,28)/b7-5-,8-6-,13-11-,14-12-,15-3-,19-16?. The average molecular weight is 388 g/mol. The van der Waals surface area contributed by atoms with Gasteiger partial charge in [-0.1, -0.05) is 79.8 Å². The maximum Gasteiger partial charge on any atom is 0.220 e. The Kier molecular flexibility index (Phi) is 19.5. The second-order valence-electron chi connectivity index (χ2n) is 6.23. The van der Waals surface area contributed by atoms with Gasteiger partial charge in [-0.3, -0.25) is 4.79 Å². The van der Waals surface area contributed by atoms with Crippen LogP contribution in [-0.2, 0) is 4.79 Å². The average Bonchev–Trinajstić information content (AvgIpc) is 2.69. The Balaban J connectivity index is 3.66. The lowest BCUT2D eigenvalue weighted by Crippen LogP contribution is -2.25. The molecule has 0 aliphatic carbocycles. The number of hydrogen-bond acceptors (Lipinski definition) is 3. The summed E-state index contributed by atoms with van der Waals surface area (Å²) < 4.78 is 0. The van der Waals surface area contributed by atoms with Gasteiger partial charge in [0.2, 0.25) is 5.91 Å². The van der Waals surface area contributed by atoms with E-state index in [1.165, 1.54) is 0 Å². The molecule has 0 spiro atoms. The quantitative estimate of drug-likeness (QED) is 0.269. The lowest BCUT2D eigenvalue weighted by atomic mass is 10.2. The number of allylic oxidation sites excluding steroid dienone is 10. The molecule has 28 heavy (non-hydrogen) atoms. The minimum absolute atomic E-state index is 0.0184. The number of aliphatic hydroxyl groups excluding tert-OH is 2. The van der Waals surface area contributed by atoms with Crippen LogP contribution < -0.4 is 5.32 Å². The molecule has 0 aliphatic rings. The Bertz CT molecular complexity index is 542. The minimum Gasteiger partial charge on any atom is -0.395 e. The third-order valence-corrected chi connectivity index (χ3v) is 3.65. The lowest BCUT2D eigenvalue weighted by molar-refractivity contribution is -0.121.